The second kappa shape index (κ2) is 7.90. The molecule has 1 aliphatic rings. The number of nitrogens with zero attached hydrogens (tertiary/aromatic N) is 4. The zero-order valence-electron chi connectivity index (χ0n) is 17.1. The van der Waals surface area contributed by atoms with Crippen molar-refractivity contribution in [3.63, 3.8) is 0 Å². The largest absolute Gasteiger partial charge is 0.472 e. The van der Waals surface area contributed by atoms with Crippen LogP contribution < -0.4 is 5.73 Å². The Bertz CT molecular complexity index is 913. The molecule has 1 fully saturated rings. The lowest BCUT2D eigenvalue weighted by molar-refractivity contribution is -0.0514. The van der Waals surface area contributed by atoms with Gasteiger partial charge in [0, 0.05) is 5.92 Å². The third-order valence-corrected chi connectivity index (χ3v) is 5.95. The van der Waals surface area contributed by atoms with Gasteiger partial charge in [-0.15, -0.1) is 0 Å². The molecule has 1 saturated heterocycles. The Hall–Kier alpha value is -1.62. The molecule has 5 unspecified atom stereocenters. The standard InChI is InChI=1S/C17H28N5O6P/c1-9(2)28-29(24,25)26-6-10-11(17(3,4)5)13(23)16(27-10)22-8-21-12-14(18)19-7-20-15(12)22/h7-11,13,16,23H,6H2,1-5H3,(H,24,25)(H2,18,19,20). The quantitative estimate of drug-likeness (QED) is 0.580. The highest BCUT2D eigenvalue weighted by molar-refractivity contribution is 7.47. The van der Waals surface area contributed by atoms with E-state index in [0.717, 1.165) is 0 Å². The van der Waals surface area contributed by atoms with Crippen LogP contribution in [0, 0.1) is 11.3 Å². The summed E-state index contributed by atoms with van der Waals surface area (Å²) in [4.78, 5) is 22.2. The minimum Gasteiger partial charge on any atom is -0.388 e. The second-order valence-electron chi connectivity index (χ2n) is 8.45. The Morgan fingerprint density at radius 1 is 1.34 bits per heavy atom. The van der Waals surface area contributed by atoms with Gasteiger partial charge in [0.15, 0.2) is 17.7 Å². The lowest BCUT2D eigenvalue weighted by Gasteiger charge is -2.33. The Balaban J connectivity index is 1.88. The first-order chi connectivity index (χ1) is 13.4. The maximum absolute atomic E-state index is 12.1. The van der Waals surface area contributed by atoms with Crippen LogP contribution in [-0.2, 0) is 18.3 Å². The van der Waals surface area contributed by atoms with Crippen molar-refractivity contribution in [3.05, 3.63) is 12.7 Å². The normalized spacial score (nSPS) is 27.6. The van der Waals surface area contributed by atoms with Crippen LogP contribution in [0.25, 0.3) is 11.2 Å². The Morgan fingerprint density at radius 2 is 2.03 bits per heavy atom. The van der Waals surface area contributed by atoms with Crippen LogP contribution in [0.3, 0.4) is 0 Å². The van der Waals surface area contributed by atoms with E-state index in [0.29, 0.717) is 11.2 Å². The highest BCUT2D eigenvalue weighted by Gasteiger charge is 2.50. The number of hydrogen-bond acceptors (Lipinski definition) is 9. The van der Waals surface area contributed by atoms with Crippen LogP contribution >= 0.6 is 7.82 Å². The number of aliphatic hydroxyl groups is 1. The zero-order chi connectivity index (χ0) is 21.6. The van der Waals surface area contributed by atoms with Gasteiger partial charge in [0.05, 0.1) is 25.1 Å². The van der Waals surface area contributed by atoms with Crippen molar-refractivity contribution in [1.29, 1.82) is 0 Å². The first-order valence-electron chi connectivity index (χ1n) is 9.33. The van der Waals surface area contributed by atoms with Crippen molar-refractivity contribution < 1.29 is 28.3 Å². The molecule has 11 nitrogen and oxygen atoms in total. The molecule has 5 atom stereocenters. The monoisotopic (exact) mass is 429 g/mol. The molecule has 12 heteroatoms. The highest BCUT2D eigenvalue weighted by atomic mass is 31.2. The Kier molecular flexibility index (Phi) is 6.01. The molecular weight excluding hydrogens is 401 g/mol. The Morgan fingerprint density at radius 3 is 2.66 bits per heavy atom. The van der Waals surface area contributed by atoms with Crippen LogP contribution in [0.15, 0.2) is 12.7 Å². The summed E-state index contributed by atoms with van der Waals surface area (Å²) in [6.07, 6.45) is -0.120. The summed E-state index contributed by atoms with van der Waals surface area (Å²) < 4.78 is 29.8. The molecule has 0 amide bonds. The van der Waals surface area contributed by atoms with Gasteiger partial charge in [-0.05, 0) is 19.3 Å². The van der Waals surface area contributed by atoms with E-state index >= 15 is 0 Å². The van der Waals surface area contributed by atoms with Crippen molar-refractivity contribution in [2.24, 2.45) is 11.3 Å². The number of aliphatic hydroxyl groups excluding tert-OH is 1. The summed E-state index contributed by atoms with van der Waals surface area (Å²) in [6, 6.07) is 0. The van der Waals surface area contributed by atoms with Gasteiger partial charge in [-0.25, -0.2) is 19.5 Å². The van der Waals surface area contributed by atoms with Crippen LogP contribution in [0.2, 0.25) is 0 Å². The molecule has 0 saturated carbocycles. The number of rotatable bonds is 6. The van der Waals surface area contributed by atoms with Crippen molar-refractivity contribution in [2.75, 3.05) is 12.3 Å². The predicted molar refractivity (Wildman–Crippen MR) is 105 cm³/mol. The van der Waals surface area contributed by atoms with E-state index in [1.807, 2.05) is 20.8 Å². The van der Waals surface area contributed by atoms with Crippen LogP contribution in [0.5, 0.6) is 0 Å². The number of fused-ring (bicyclic) bond motifs is 1. The minimum absolute atomic E-state index is 0.222. The Labute approximate surface area is 168 Å². The number of nitrogen functional groups attached to an aromatic ring is 1. The first-order valence-corrected chi connectivity index (χ1v) is 10.8. The number of aromatic nitrogens is 4. The number of anilines is 1. The summed E-state index contributed by atoms with van der Waals surface area (Å²) in [7, 11) is -4.24. The molecule has 0 radical (unpaired) electrons. The second-order valence-corrected chi connectivity index (χ2v) is 9.86. The molecule has 3 heterocycles. The predicted octanol–water partition coefficient (Wildman–Crippen LogP) is 1.87. The van der Waals surface area contributed by atoms with Gasteiger partial charge < -0.3 is 20.5 Å². The summed E-state index contributed by atoms with van der Waals surface area (Å²) in [6.45, 7) is 8.90. The number of hydrogen-bond donors (Lipinski definition) is 3. The molecule has 4 N–H and O–H groups in total. The summed E-state index contributed by atoms with van der Waals surface area (Å²) >= 11 is 0. The fourth-order valence-corrected chi connectivity index (χ4v) is 4.63. The van der Waals surface area contributed by atoms with Crippen LogP contribution in [-0.4, -0.2) is 54.4 Å². The minimum atomic E-state index is -4.24. The topological polar surface area (TPSA) is 155 Å². The van der Waals surface area contributed by atoms with Gasteiger partial charge in [0.25, 0.3) is 0 Å². The van der Waals surface area contributed by atoms with Gasteiger partial charge in [0.2, 0.25) is 0 Å². The average molecular weight is 429 g/mol. The number of ether oxygens (including phenoxy) is 1. The maximum atomic E-state index is 12.1. The van der Waals surface area contributed by atoms with Crippen molar-refractivity contribution in [2.45, 2.75) is 59.2 Å². The van der Waals surface area contributed by atoms with Crippen molar-refractivity contribution in [3.8, 4) is 0 Å². The van der Waals surface area contributed by atoms with Crippen molar-refractivity contribution in [1.82, 2.24) is 19.5 Å². The van der Waals surface area contributed by atoms with E-state index in [2.05, 4.69) is 15.0 Å². The molecular formula is C17H28N5O6P. The molecule has 3 rings (SSSR count). The number of phosphoric acid groups is 1. The van der Waals surface area contributed by atoms with E-state index in [9.17, 15) is 14.6 Å². The van der Waals surface area contributed by atoms with E-state index in [1.54, 1.807) is 18.4 Å². The number of phosphoric ester groups is 1. The van der Waals surface area contributed by atoms with E-state index in [-0.39, 0.29) is 17.8 Å². The van der Waals surface area contributed by atoms with Gasteiger partial charge >= 0.3 is 7.82 Å². The van der Waals surface area contributed by atoms with Crippen molar-refractivity contribution >= 4 is 24.8 Å². The zero-order valence-corrected chi connectivity index (χ0v) is 18.0. The summed E-state index contributed by atoms with van der Waals surface area (Å²) in [5, 5.41) is 11.1. The molecule has 0 spiro atoms. The third kappa shape index (κ3) is 4.60. The molecule has 0 aliphatic carbocycles. The molecule has 2 aromatic heterocycles. The van der Waals surface area contributed by atoms with Gasteiger partial charge in [0.1, 0.15) is 17.9 Å². The maximum Gasteiger partial charge on any atom is 0.472 e. The SMILES string of the molecule is CC(C)OP(=O)(O)OCC1OC(n2cnc3c(N)ncnc32)C(O)C1C(C)(C)C. The third-order valence-electron chi connectivity index (χ3n) is 4.78. The fourth-order valence-electron chi connectivity index (χ4n) is 3.71. The van der Waals surface area contributed by atoms with E-state index in [4.69, 9.17) is 19.5 Å². The van der Waals surface area contributed by atoms with Crippen LogP contribution in [0.1, 0.15) is 40.8 Å². The number of imidazole rings is 1. The summed E-state index contributed by atoms with van der Waals surface area (Å²) in [5.41, 5.74) is 6.28. The molecule has 0 bridgehead atoms. The summed E-state index contributed by atoms with van der Waals surface area (Å²) in [5.74, 6) is -0.177. The van der Waals surface area contributed by atoms with E-state index < -0.39 is 38.3 Å². The van der Waals surface area contributed by atoms with Gasteiger partial charge in [-0.2, -0.15) is 0 Å². The van der Waals surface area contributed by atoms with Gasteiger partial charge in [-0.1, -0.05) is 20.8 Å². The molecule has 162 valence electrons. The molecule has 0 aromatic carbocycles. The first kappa shape index (κ1) is 22.1. The molecule has 1 aliphatic heterocycles. The van der Waals surface area contributed by atoms with E-state index in [1.165, 1.54) is 12.7 Å². The smallest absolute Gasteiger partial charge is 0.388 e. The lowest BCUT2D eigenvalue weighted by atomic mass is 9.75. The van der Waals surface area contributed by atoms with Crippen LogP contribution in [0.4, 0.5) is 5.82 Å². The molecule has 29 heavy (non-hydrogen) atoms. The fraction of sp³-hybridized carbons (Fsp3) is 0.706. The lowest BCUT2D eigenvalue weighted by Crippen LogP contribution is -2.38. The van der Waals surface area contributed by atoms with Gasteiger partial charge in [-0.3, -0.25) is 13.6 Å². The molecule has 2 aromatic rings. The highest BCUT2D eigenvalue weighted by Crippen LogP contribution is 2.49. The number of nitrogens with two attached hydrogens (primary N) is 1. The average Bonchev–Trinajstić information content (AvgIpc) is 3.13.